The topological polar surface area (TPSA) is 60.0 Å². The highest BCUT2D eigenvalue weighted by molar-refractivity contribution is 5.02. The summed E-state index contributed by atoms with van der Waals surface area (Å²) >= 11 is 0. The first-order chi connectivity index (χ1) is 8.91. The Morgan fingerprint density at radius 2 is 2.00 bits per heavy atom. The van der Waals surface area contributed by atoms with Crippen LogP contribution in [-0.2, 0) is 14.2 Å². The van der Waals surface area contributed by atoms with Crippen LogP contribution in [-0.4, -0.2) is 63.4 Å². The van der Waals surface area contributed by atoms with E-state index in [2.05, 4.69) is 19.2 Å². The third-order valence-electron chi connectivity index (χ3n) is 4.04. The molecule has 0 heterocycles. The molecule has 0 aromatic rings. The molecule has 0 aromatic carbocycles. The van der Waals surface area contributed by atoms with Crippen molar-refractivity contribution in [3.63, 3.8) is 0 Å². The van der Waals surface area contributed by atoms with Crippen LogP contribution in [0.3, 0.4) is 0 Å². The molecule has 0 aliphatic heterocycles. The van der Waals surface area contributed by atoms with E-state index in [1.807, 2.05) is 6.92 Å². The van der Waals surface area contributed by atoms with Crippen LogP contribution in [0.5, 0.6) is 0 Å². The smallest absolute Gasteiger partial charge is 0.0897 e. The molecule has 4 unspecified atom stereocenters. The third-order valence-corrected chi connectivity index (χ3v) is 4.04. The van der Waals surface area contributed by atoms with Crippen molar-refractivity contribution < 1.29 is 19.3 Å². The van der Waals surface area contributed by atoms with Gasteiger partial charge in [-0.25, -0.2) is 0 Å². The van der Waals surface area contributed by atoms with Gasteiger partial charge in [-0.1, -0.05) is 13.8 Å². The lowest BCUT2D eigenvalue weighted by Gasteiger charge is -2.51. The average Bonchev–Trinajstić information content (AvgIpc) is 2.35. The van der Waals surface area contributed by atoms with E-state index in [-0.39, 0.29) is 11.5 Å². The van der Waals surface area contributed by atoms with Gasteiger partial charge in [0.1, 0.15) is 0 Å². The molecule has 0 radical (unpaired) electrons. The minimum absolute atomic E-state index is 0.0117. The number of hydrogen-bond acceptors (Lipinski definition) is 5. The lowest BCUT2D eigenvalue weighted by Crippen LogP contribution is -2.61. The van der Waals surface area contributed by atoms with Gasteiger partial charge < -0.3 is 24.6 Å². The minimum atomic E-state index is -0.489. The van der Waals surface area contributed by atoms with Crippen molar-refractivity contribution in [2.75, 3.05) is 34.0 Å². The van der Waals surface area contributed by atoms with Gasteiger partial charge in [-0.15, -0.1) is 0 Å². The van der Waals surface area contributed by atoms with E-state index in [1.54, 1.807) is 14.2 Å². The molecule has 0 aromatic heterocycles. The van der Waals surface area contributed by atoms with Crippen LogP contribution in [0.1, 0.15) is 27.2 Å². The second-order valence-electron chi connectivity index (χ2n) is 6.00. The zero-order valence-corrected chi connectivity index (χ0v) is 12.8. The van der Waals surface area contributed by atoms with Gasteiger partial charge in [-0.3, -0.25) is 0 Å². The quantitative estimate of drug-likeness (QED) is 0.652. The summed E-state index contributed by atoms with van der Waals surface area (Å²) in [6.45, 7) is 7.73. The van der Waals surface area contributed by atoms with Crippen molar-refractivity contribution in [1.82, 2.24) is 5.32 Å². The molecular formula is C14H29NO4. The van der Waals surface area contributed by atoms with Gasteiger partial charge in [-0.05, 0) is 13.3 Å². The lowest BCUT2D eigenvalue weighted by atomic mass is 9.64. The molecule has 5 heteroatoms. The van der Waals surface area contributed by atoms with Crippen LogP contribution < -0.4 is 5.32 Å². The standard InChI is InChI=1S/C14H29NO4/c1-10(8-17-4)19-9-11(16)7-15-12-6-13(18-5)14(12,2)3/h10-13,15-16H,6-9H2,1-5H3. The van der Waals surface area contributed by atoms with Gasteiger partial charge in [0.2, 0.25) is 0 Å². The number of rotatable bonds is 9. The summed E-state index contributed by atoms with van der Waals surface area (Å²) in [5.41, 5.74) is 0.124. The largest absolute Gasteiger partial charge is 0.389 e. The maximum atomic E-state index is 9.87. The summed E-state index contributed by atoms with van der Waals surface area (Å²) in [6, 6.07) is 0.392. The average molecular weight is 275 g/mol. The third kappa shape index (κ3) is 4.68. The fourth-order valence-corrected chi connectivity index (χ4v) is 2.53. The minimum Gasteiger partial charge on any atom is -0.389 e. The molecular weight excluding hydrogens is 246 g/mol. The van der Waals surface area contributed by atoms with E-state index < -0.39 is 6.10 Å². The van der Waals surface area contributed by atoms with Crippen molar-refractivity contribution in [3.8, 4) is 0 Å². The molecule has 0 spiro atoms. The summed E-state index contributed by atoms with van der Waals surface area (Å²) in [5, 5.41) is 13.3. The first-order valence-electron chi connectivity index (χ1n) is 6.96. The molecule has 2 N–H and O–H groups in total. The van der Waals surface area contributed by atoms with Gasteiger partial charge in [0.25, 0.3) is 0 Å². The van der Waals surface area contributed by atoms with Gasteiger partial charge in [0.05, 0.1) is 31.5 Å². The molecule has 19 heavy (non-hydrogen) atoms. The number of aliphatic hydroxyl groups excluding tert-OH is 1. The highest BCUT2D eigenvalue weighted by Crippen LogP contribution is 2.42. The molecule has 1 rings (SSSR count). The number of nitrogens with one attached hydrogen (secondary N) is 1. The maximum Gasteiger partial charge on any atom is 0.0897 e. The lowest BCUT2D eigenvalue weighted by molar-refractivity contribution is -0.101. The van der Waals surface area contributed by atoms with Crippen LogP contribution in [0.4, 0.5) is 0 Å². The first-order valence-corrected chi connectivity index (χ1v) is 6.96. The van der Waals surface area contributed by atoms with Crippen LogP contribution in [0.25, 0.3) is 0 Å². The Hall–Kier alpha value is -0.200. The molecule has 1 saturated carbocycles. The van der Waals surface area contributed by atoms with E-state index in [9.17, 15) is 5.11 Å². The summed E-state index contributed by atoms with van der Waals surface area (Å²) < 4.78 is 15.9. The molecule has 0 amide bonds. The van der Waals surface area contributed by atoms with Gasteiger partial charge in [-0.2, -0.15) is 0 Å². The molecule has 1 fully saturated rings. The second-order valence-corrected chi connectivity index (χ2v) is 6.00. The molecule has 114 valence electrons. The summed E-state index contributed by atoms with van der Waals surface area (Å²) in [6.07, 6.45) is 0.825. The first kappa shape index (κ1) is 16.9. The summed E-state index contributed by atoms with van der Waals surface area (Å²) in [7, 11) is 3.39. The molecule has 1 aliphatic carbocycles. The Labute approximate surface area is 116 Å². The van der Waals surface area contributed by atoms with Crippen LogP contribution in [0, 0.1) is 5.41 Å². The predicted molar refractivity (Wildman–Crippen MR) is 74.3 cm³/mol. The fraction of sp³-hybridized carbons (Fsp3) is 1.00. The molecule has 1 aliphatic rings. The number of methoxy groups -OCH3 is 2. The zero-order valence-electron chi connectivity index (χ0n) is 12.8. The number of aliphatic hydroxyl groups is 1. The second kappa shape index (κ2) is 7.55. The highest BCUT2D eigenvalue weighted by Gasteiger charge is 2.48. The summed E-state index contributed by atoms with van der Waals surface area (Å²) in [5.74, 6) is 0. The van der Waals surface area contributed by atoms with E-state index in [1.165, 1.54) is 0 Å². The monoisotopic (exact) mass is 275 g/mol. The van der Waals surface area contributed by atoms with E-state index in [0.29, 0.717) is 31.9 Å². The van der Waals surface area contributed by atoms with Crippen LogP contribution >= 0.6 is 0 Å². The molecule has 0 saturated heterocycles. The van der Waals surface area contributed by atoms with Crippen molar-refractivity contribution >= 4 is 0 Å². The fourth-order valence-electron chi connectivity index (χ4n) is 2.53. The van der Waals surface area contributed by atoms with Gasteiger partial charge in [0.15, 0.2) is 0 Å². The maximum absolute atomic E-state index is 9.87. The Morgan fingerprint density at radius 1 is 1.32 bits per heavy atom. The molecule has 4 atom stereocenters. The summed E-state index contributed by atoms with van der Waals surface area (Å²) in [4.78, 5) is 0. The van der Waals surface area contributed by atoms with Crippen molar-refractivity contribution in [2.45, 2.75) is 51.5 Å². The number of ether oxygens (including phenoxy) is 3. The van der Waals surface area contributed by atoms with E-state index in [0.717, 1.165) is 6.42 Å². The van der Waals surface area contributed by atoms with Crippen LogP contribution in [0.2, 0.25) is 0 Å². The highest BCUT2D eigenvalue weighted by atomic mass is 16.5. The zero-order chi connectivity index (χ0) is 14.5. The Balaban J connectivity index is 2.16. The normalized spacial score (nSPS) is 28.7. The molecule has 0 bridgehead atoms. The Bertz CT molecular complexity index is 260. The van der Waals surface area contributed by atoms with Crippen molar-refractivity contribution in [2.24, 2.45) is 5.41 Å². The van der Waals surface area contributed by atoms with Crippen LogP contribution in [0.15, 0.2) is 0 Å². The SMILES string of the molecule is COCC(C)OCC(O)CNC1CC(OC)C1(C)C. The number of hydrogen-bond donors (Lipinski definition) is 2. The predicted octanol–water partition coefficient (Wildman–Crippen LogP) is 0.802. The Kier molecular flexibility index (Phi) is 6.69. The van der Waals surface area contributed by atoms with Gasteiger partial charge >= 0.3 is 0 Å². The van der Waals surface area contributed by atoms with Crippen molar-refractivity contribution in [1.29, 1.82) is 0 Å². The van der Waals surface area contributed by atoms with E-state index in [4.69, 9.17) is 14.2 Å². The van der Waals surface area contributed by atoms with Gasteiger partial charge in [0, 0.05) is 32.2 Å². The van der Waals surface area contributed by atoms with Crippen molar-refractivity contribution in [3.05, 3.63) is 0 Å². The Morgan fingerprint density at radius 3 is 2.53 bits per heavy atom. The van der Waals surface area contributed by atoms with E-state index >= 15 is 0 Å². The molecule has 5 nitrogen and oxygen atoms in total.